The van der Waals surface area contributed by atoms with Gasteiger partial charge >= 0.3 is 0 Å². The van der Waals surface area contributed by atoms with E-state index in [1.165, 1.54) is 6.07 Å². The van der Waals surface area contributed by atoms with Crippen molar-refractivity contribution < 1.29 is 14.5 Å². The first-order chi connectivity index (χ1) is 16.0. The lowest BCUT2D eigenvalue weighted by atomic mass is 10.1. The minimum Gasteiger partial charge on any atom is -0.364 e. The van der Waals surface area contributed by atoms with Gasteiger partial charge in [0, 0.05) is 75.4 Å². The van der Waals surface area contributed by atoms with Gasteiger partial charge in [0.15, 0.2) is 0 Å². The quantitative estimate of drug-likeness (QED) is 0.556. The average Bonchev–Trinajstić information content (AvgIpc) is 3.27. The summed E-state index contributed by atoms with van der Waals surface area (Å²) in [7, 11) is 0. The Morgan fingerprint density at radius 3 is 2.36 bits per heavy atom. The van der Waals surface area contributed by atoms with E-state index in [9.17, 15) is 19.7 Å². The van der Waals surface area contributed by atoms with Crippen molar-refractivity contribution in [3.8, 4) is 0 Å². The number of aromatic nitrogens is 1. The second-order valence-electron chi connectivity index (χ2n) is 8.23. The van der Waals surface area contributed by atoms with Gasteiger partial charge < -0.3 is 20.0 Å². The number of nitrogens with one attached hydrogen (secondary N) is 1. The van der Waals surface area contributed by atoms with Gasteiger partial charge in [0.2, 0.25) is 0 Å². The van der Waals surface area contributed by atoms with Crippen LogP contribution in [0.15, 0.2) is 42.7 Å². The van der Waals surface area contributed by atoms with Crippen molar-refractivity contribution in [2.24, 2.45) is 0 Å². The third kappa shape index (κ3) is 5.28. The minimum atomic E-state index is -0.430. The molecule has 0 aliphatic carbocycles. The van der Waals surface area contributed by atoms with E-state index >= 15 is 0 Å². The van der Waals surface area contributed by atoms with E-state index in [0.717, 1.165) is 13.0 Å². The first-order valence-corrected chi connectivity index (χ1v) is 11.3. The number of pyridine rings is 1. The van der Waals surface area contributed by atoms with Crippen molar-refractivity contribution in [1.82, 2.24) is 20.1 Å². The molecule has 2 fully saturated rings. The molecule has 0 bridgehead atoms. The van der Waals surface area contributed by atoms with Crippen molar-refractivity contribution in [3.05, 3.63) is 64.0 Å². The summed E-state index contributed by atoms with van der Waals surface area (Å²) in [6, 6.07) is 8.11. The van der Waals surface area contributed by atoms with Crippen LogP contribution in [-0.2, 0) is 0 Å². The Kier molecular flexibility index (Phi) is 7.13. The maximum atomic E-state index is 12.9. The molecule has 3 heterocycles. The Labute approximate surface area is 192 Å². The smallest absolute Gasteiger partial charge is 0.293 e. The second kappa shape index (κ2) is 10.4. The van der Waals surface area contributed by atoms with Gasteiger partial charge in [0.25, 0.3) is 17.5 Å². The highest BCUT2D eigenvalue weighted by atomic mass is 16.6. The number of anilines is 1. The molecule has 0 atom stereocenters. The van der Waals surface area contributed by atoms with Gasteiger partial charge in [-0.15, -0.1) is 0 Å². The van der Waals surface area contributed by atoms with Crippen LogP contribution < -0.4 is 10.2 Å². The van der Waals surface area contributed by atoms with E-state index in [-0.39, 0.29) is 17.5 Å². The molecule has 174 valence electrons. The highest BCUT2D eigenvalue weighted by molar-refractivity contribution is 5.96. The zero-order valence-corrected chi connectivity index (χ0v) is 18.5. The van der Waals surface area contributed by atoms with Crippen molar-refractivity contribution in [1.29, 1.82) is 0 Å². The number of nitrogens with zero attached hydrogens (tertiary/aromatic N) is 5. The molecule has 0 radical (unpaired) electrons. The summed E-state index contributed by atoms with van der Waals surface area (Å²) in [5.74, 6) is -0.250. The predicted molar refractivity (Wildman–Crippen MR) is 123 cm³/mol. The van der Waals surface area contributed by atoms with E-state index in [1.807, 2.05) is 4.90 Å². The van der Waals surface area contributed by atoms with Crippen LogP contribution in [0.5, 0.6) is 0 Å². The Morgan fingerprint density at radius 1 is 0.848 bits per heavy atom. The molecule has 1 aromatic heterocycles. The van der Waals surface area contributed by atoms with E-state index < -0.39 is 4.92 Å². The third-order valence-corrected chi connectivity index (χ3v) is 6.10. The molecule has 2 aliphatic heterocycles. The molecule has 10 heteroatoms. The summed E-state index contributed by atoms with van der Waals surface area (Å²) >= 11 is 0. The van der Waals surface area contributed by atoms with Crippen molar-refractivity contribution in [2.75, 3.05) is 57.3 Å². The SMILES string of the molecule is O=C(c1ccc(N2CCCN(C(=O)c3ccncc3)CC2)c([N+](=O)[O-])c1)N1CCCNCC1. The fraction of sp³-hybridized carbons (Fsp3) is 0.435. The van der Waals surface area contributed by atoms with Crippen molar-refractivity contribution in [2.45, 2.75) is 12.8 Å². The van der Waals surface area contributed by atoms with Gasteiger partial charge in [0.1, 0.15) is 5.69 Å². The second-order valence-corrected chi connectivity index (χ2v) is 8.23. The molecule has 2 aromatic rings. The molecular weight excluding hydrogens is 424 g/mol. The van der Waals surface area contributed by atoms with Crippen molar-refractivity contribution >= 4 is 23.2 Å². The number of rotatable bonds is 4. The van der Waals surface area contributed by atoms with E-state index in [4.69, 9.17) is 0 Å². The van der Waals surface area contributed by atoms with Crippen LogP contribution in [0.25, 0.3) is 0 Å². The fourth-order valence-electron chi connectivity index (χ4n) is 4.34. The fourth-order valence-corrected chi connectivity index (χ4v) is 4.34. The average molecular weight is 453 g/mol. The number of hydrogen-bond acceptors (Lipinski definition) is 7. The third-order valence-electron chi connectivity index (χ3n) is 6.10. The summed E-state index contributed by atoms with van der Waals surface area (Å²) in [5, 5.41) is 15.1. The van der Waals surface area contributed by atoms with Gasteiger partial charge in [-0.05, 0) is 43.7 Å². The largest absolute Gasteiger partial charge is 0.364 e. The van der Waals surface area contributed by atoms with Crippen LogP contribution in [0.3, 0.4) is 0 Å². The summed E-state index contributed by atoms with van der Waals surface area (Å²) in [6.07, 6.45) is 4.72. The molecule has 10 nitrogen and oxygen atoms in total. The van der Waals surface area contributed by atoms with Crippen LogP contribution >= 0.6 is 0 Å². The van der Waals surface area contributed by atoms with E-state index in [0.29, 0.717) is 69.0 Å². The maximum absolute atomic E-state index is 12.9. The summed E-state index contributed by atoms with van der Waals surface area (Å²) in [5.41, 5.74) is 1.31. The lowest BCUT2D eigenvalue weighted by molar-refractivity contribution is -0.384. The molecule has 2 amide bonds. The summed E-state index contributed by atoms with van der Waals surface area (Å²) in [6.45, 7) is 4.89. The first kappa shape index (κ1) is 22.7. The van der Waals surface area contributed by atoms with E-state index in [1.54, 1.807) is 46.5 Å². The molecule has 2 saturated heterocycles. The number of amides is 2. The maximum Gasteiger partial charge on any atom is 0.293 e. The van der Waals surface area contributed by atoms with Crippen LogP contribution in [0.4, 0.5) is 11.4 Å². The minimum absolute atomic E-state index is 0.0679. The first-order valence-electron chi connectivity index (χ1n) is 11.3. The standard InChI is InChI=1S/C23H28N6O4/c30-22(18-5-8-25-9-6-18)28-13-2-12-26(15-16-28)20-4-3-19(17-21(20)29(32)33)23(31)27-11-1-7-24-10-14-27/h3-6,8-9,17,24H,1-2,7,10-16H2. The Morgan fingerprint density at radius 2 is 1.58 bits per heavy atom. The molecule has 1 aromatic carbocycles. The lowest BCUT2D eigenvalue weighted by Gasteiger charge is -2.24. The Bertz CT molecular complexity index is 1010. The number of carbonyl (C=O) groups is 2. The van der Waals surface area contributed by atoms with Crippen molar-refractivity contribution in [3.63, 3.8) is 0 Å². The zero-order chi connectivity index (χ0) is 23.2. The van der Waals surface area contributed by atoms with Crippen LogP contribution in [0.2, 0.25) is 0 Å². The number of carbonyl (C=O) groups excluding carboxylic acids is 2. The van der Waals surface area contributed by atoms with Gasteiger partial charge in [-0.2, -0.15) is 0 Å². The van der Waals surface area contributed by atoms with Gasteiger partial charge in [0.05, 0.1) is 4.92 Å². The van der Waals surface area contributed by atoms with Gasteiger partial charge in [-0.25, -0.2) is 0 Å². The molecule has 33 heavy (non-hydrogen) atoms. The normalized spacial score (nSPS) is 17.3. The molecule has 4 rings (SSSR count). The van der Waals surface area contributed by atoms with Crippen LogP contribution in [-0.4, -0.2) is 83.9 Å². The number of benzene rings is 1. The number of nitro groups is 1. The Hall–Kier alpha value is -3.53. The molecule has 1 N–H and O–H groups in total. The molecular formula is C23H28N6O4. The summed E-state index contributed by atoms with van der Waals surface area (Å²) in [4.78, 5) is 46.6. The number of nitro benzene ring substituents is 1. The predicted octanol–water partition coefficient (Wildman–Crippen LogP) is 1.78. The monoisotopic (exact) mass is 452 g/mol. The highest BCUT2D eigenvalue weighted by Crippen LogP contribution is 2.31. The lowest BCUT2D eigenvalue weighted by Crippen LogP contribution is -2.35. The van der Waals surface area contributed by atoms with E-state index in [2.05, 4.69) is 10.3 Å². The van der Waals surface area contributed by atoms with Crippen LogP contribution in [0.1, 0.15) is 33.6 Å². The van der Waals surface area contributed by atoms with Gasteiger partial charge in [-0.1, -0.05) is 0 Å². The summed E-state index contributed by atoms with van der Waals surface area (Å²) < 4.78 is 0. The Balaban J connectivity index is 1.50. The molecule has 0 spiro atoms. The van der Waals surface area contributed by atoms with Gasteiger partial charge in [-0.3, -0.25) is 24.7 Å². The zero-order valence-electron chi connectivity index (χ0n) is 18.5. The number of hydrogen-bond donors (Lipinski definition) is 1. The van der Waals surface area contributed by atoms with Crippen LogP contribution in [0, 0.1) is 10.1 Å². The molecule has 0 unspecified atom stereocenters. The molecule has 0 saturated carbocycles. The topological polar surface area (TPSA) is 112 Å². The highest BCUT2D eigenvalue weighted by Gasteiger charge is 2.27. The molecule has 2 aliphatic rings.